The number of rotatable bonds is 2. The van der Waals surface area contributed by atoms with E-state index >= 15 is 0 Å². The fraction of sp³-hybridized carbons (Fsp3) is 0.222. The lowest BCUT2D eigenvalue weighted by molar-refractivity contribution is 0.112. The first-order chi connectivity index (χ1) is 6.60. The molecule has 0 amide bonds. The van der Waals surface area contributed by atoms with Crippen LogP contribution >= 0.6 is 0 Å². The van der Waals surface area contributed by atoms with Crippen molar-refractivity contribution in [1.29, 1.82) is 5.26 Å². The zero-order valence-electron chi connectivity index (χ0n) is 7.29. The molecule has 0 aliphatic heterocycles. The summed E-state index contributed by atoms with van der Waals surface area (Å²) >= 11 is 0. The predicted octanol–water partition coefficient (Wildman–Crippen LogP) is 2.01. The molecule has 5 heteroatoms. The number of alkyl halides is 2. The van der Waals surface area contributed by atoms with Gasteiger partial charge >= 0.3 is 0 Å². The maximum Gasteiger partial charge on any atom is 0.280 e. The minimum atomic E-state index is -2.73. The van der Waals surface area contributed by atoms with Crippen LogP contribution in [0.1, 0.15) is 33.7 Å². The second-order valence-electron chi connectivity index (χ2n) is 2.62. The number of nitrogens with zero attached hydrogens (tertiary/aromatic N) is 2. The number of nitriles is 1. The molecule has 0 unspecified atom stereocenters. The Kier molecular flexibility index (Phi) is 2.87. The summed E-state index contributed by atoms with van der Waals surface area (Å²) in [6.07, 6.45) is -2.29. The van der Waals surface area contributed by atoms with Crippen LogP contribution in [0, 0.1) is 18.3 Å². The van der Waals surface area contributed by atoms with Crippen molar-refractivity contribution in [2.24, 2.45) is 0 Å². The lowest BCUT2D eigenvalue weighted by atomic mass is 10.1. The summed E-state index contributed by atoms with van der Waals surface area (Å²) in [7, 11) is 0. The van der Waals surface area contributed by atoms with Gasteiger partial charge in [-0.2, -0.15) is 5.26 Å². The van der Waals surface area contributed by atoms with E-state index in [2.05, 4.69) is 4.98 Å². The number of aldehydes is 1. The molecule has 0 bridgehead atoms. The fourth-order valence-electron chi connectivity index (χ4n) is 1.06. The van der Waals surface area contributed by atoms with Crippen LogP contribution in [-0.2, 0) is 0 Å². The van der Waals surface area contributed by atoms with Crippen molar-refractivity contribution in [3.05, 3.63) is 28.6 Å². The van der Waals surface area contributed by atoms with Gasteiger partial charge in [-0.15, -0.1) is 0 Å². The van der Waals surface area contributed by atoms with Crippen LogP contribution in [0.5, 0.6) is 0 Å². The SMILES string of the molecule is Cc1nc(C(F)F)cc(C#N)c1C=O. The monoisotopic (exact) mass is 196 g/mol. The molecule has 1 heterocycles. The van der Waals surface area contributed by atoms with E-state index in [0.717, 1.165) is 6.07 Å². The number of pyridine rings is 1. The van der Waals surface area contributed by atoms with E-state index in [1.807, 2.05) is 0 Å². The summed E-state index contributed by atoms with van der Waals surface area (Å²) in [5.74, 6) is 0. The third kappa shape index (κ3) is 1.74. The van der Waals surface area contributed by atoms with Gasteiger partial charge in [0.25, 0.3) is 6.43 Å². The van der Waals surface area contributed by atoms with E-state index in [-0.39, 0.29) is 16.8 Å². The van der Waals surface area contributed by atoms with Crippen LogP contribution in [0.25, 0.3) is 0 Å². The Morgan fingerprint density at radius 3 is 2.71 bits per heavy atom. The second kappa shape index (κ2) is 3.92. The third-order valence-corrected chi connectivity index (χ3v) is 1.73. The van der Waals surface area contributed by atoms with Crippen molar-refractivity contribution in [3.8, 4) is 6.07 Å². The first kappa shape index (κ1) is 10.3. The quantitative estimate of drug-likeness (QED) is 0.680. The van der Waals surface area contributed by atoms with Crippen LogP contribution in [0.3, 0.4) is 0 Å². The van der Waals surface area contributed by atoms with Gasteiger partial charge in [0.05, 0.1) is 11.1 Å². The second-order valence-corrected chi connectivity index (χ2v) is 2.62. The average Bonchev–Trinajstić information content (AvgIpc) is 2.16. The summed E-state index contributed by atoms with van der Waals surface area (Å²) in [5, 5.41) is 8.60. The molecule has 1 rings (SSSR count). The minimum Gasteiger partial charge on any atom is -0.298 e. The average molecular weight is 196 g/mol. The van der Waals surface area contributed by atoms with Crippen molar-refractivity contribution in [1.82, 2.24) is 4.98 Å². The molecule has 72 valence electrons. The van der Waals surface area contributed by atoms with Gasteiger partial charge in [0, 0.05) is 5.69 Å². The number of aromatic nitrogens is 1. The zero-order valence-corrected chi connectivity index (χ0v) is 7.29. The van der Waals surface area contributed by atoms with Crippen molar-refractivity contribution in [3.63, 3.8) is 0 Å². The van der Waals surface area contributed by atoms with Crippen molar-refractivity contribution in [2.45, 2.75) is 13.3 Å². The number of hydrogen-bond donors (Lipinski definition) is 0. The van der Waals surface area contributed by atoms with E-state index in [4.69, 9.17) is 5.26 Å². The van der Waals surface area contributed by atoms with Gasteiger partial charge in [0.1, 0.15) is 11.8 Å². The van der Waals surface area contributed by atoms with Crippen LogP contribution in [-0.4, -0.2) is 11.3 Å². The van der Waals surface area contributed by atoms with Gasteiger partial charge in [-0.3, -0.25) is 9.78 Å². The van der Waals surface area contributed by atoms with Gasteiger partial charge in [-0.05, 0) is 13.0 Å². The molecule has 1 aromatic rings. The number of carbonyl (C=O) groups is 1. The lowest BCUT2D eigenvalue weighted by Gasteiger charge is -2.04. The standard InChI is InChI=1S/C9H6F2N2O/c1-5-7(4-14)6(3-12)2-8(13-5)9(10)11/h2,4,9H,1H3. The number of carbonyl (C=O) groups excluding carboxylic acids is 1. The molecule has 0 radical (unpaired) electrons. The molecule has 0 atom stereocenters. The van der Waals surface area contributed by atoms with Crippen molar-refractivity contribution < 1.29 is 13.6 Å². The van der Waals surface area contributed by atoms with Gasteiger partial charge < -0.3 is 0 Å². The molecule has 0 N–H and O–H groups in total. The Bertz CT molecular complexity index is 410. The number of hydrogen-bond acceptors (Lipinski definition) is 3. The number of halogens is 2. The minimum absolute atomic E-state index is 0.0666. The number of aryl methyl sites for hydroxylation is 1. The lowest BCUT2D eigenvalue weighted by Crippen LogP contribution is -2.00. The first-order valence-electron chi connectivity index (χ1n) is 3.75. The van der Waals surface area contributed by atoms with E-state index in [1.165, 1.54) is 6.92 Å². The molecule has 0 fully saturated rings. The molecular weight excluding hydrogens is 190 g/mol. The molecule has 0 spiro atoms. The summed E-state index contributed by atoms with van der Waals surface area (Å²) in [4.78, 5) is 14.0. The van der Waals surface area contributed by atoms with E-state index in [1.54, 1.807) is 6.07 Å². The van der Waals surface area contributed by atoms with Crippen molar-refractivity contribution in [2.75, 3.05) is 0 Å². The van der Waals surface area contributed by atoms with Crippen LogP contribution in [0.15, 0.2) is 6.07 Å². The Morgan fingerprint density at radius 1 is 1.64 bits per heavy atom. The highest BCUT2D eigenvalue weighted by Crippen LogP contribution is 2.20. The highest BCUT2D eigenvalue weighted by Gasteiger charge is 2.14. The molecule has 0 aromatic carbocycles. The Morgan fingerprint density at radius 2 is 2.29 bits per heavy atom. The molecule has 0 aliphatic carbocycles. The van der Waals surface area contributed by atoms with E-state index < -0.39 is 12.1 Å². The topological polar surface area (TPSA) is 53.8 Å². The van der Waals surface area contributed by atoms with E-state index in [9.17, 15) is 13.6 Å². The summed E-state index contributed by atoms with van der Waals surface area (Å²) in [6.45, 7) is 1.41. The summed E-state index contributed by atoms with van der Waals surface area (Å²) in [5.41, 5.74) is -0.335. The van der Waals surface area contributed by atoms with Gasteiger partial charge in [-0.1, -0.05) is 0 Å². The normalized spacial score (nSPS) is 9.93. The van der Waals surface area contributed by atoms with Gasteiger partial charge in [0.15, 0.2) is 6.29 Å². The fourth-order valence-corrected chi connectivity index (χ4v) is 1.06. The Hall–Kier alpha value is -1.83. The molecule has 3 nitrogen and oxygen atoms in total. The molecular formula is C9H6F2N2O. The third-order valence-electron chi connectivity index (χ3n) is 1.73. The molecule has 1 aromatic heterocycles. The highest BCUT2D eigenvalue weighted by atomic mass is 19.3. The highest BCUT2D eigenvalue weighted by molar-refractivity contribution is 5.80. The van der Waals surface area contributed by atoms with Gasteiger partial charge in [0.2, 0.25) is 0 Å². The largest absolute Gasteiger partial charge is 0.298 e. The Labute approximate surface area is 79.0 Å². The Balaban J connectivity index is 3.40. The maximum atomic E-state index is 12.2. The molecule has 0 saturated heterocycles. The predicted molar refractivity (Wildman–Crippen MR) is 44.0 cm³/mol. The molecule has 0 saturated carbocycles. The van der Waals surface area contributed by atoms with Crippen LogP contribution < -0.4 is 0 Å². The van der Waals surface area contributed by atoms with Crippen LogP contribution in [0.2, 0.25) is 0 Å². The maximum absolute atomic E-state index is 12.2. The van der Waals surface area contributed by atoms with Crippen LogP contribution in [0.4, 0.5) is 8.78 Å². The molecule has 14 heavy (non-hydrogen) atoms. The van der Waals surface area contributed by atoms with E-state index in [0.29, 0.717) is 6.29 Å². The zero-order chi connectivity index (χ0) is 10.7. The van der Waals surface area contributed by atoms with Gasteiger partial charge in [-0.25, -0.2) is 8.78 Å². The summed E-state index contributed by atoms with van der Waals surface area (Å²) < 4.78 is 24.5. The smallest absolute Gasteiger partial charge is 0.280 e. The van der Waals surface area contributed by atoms with Crippen molar-refractivity contribution >= 4 is 6.29 Å². The first-order valence-corrected chi connectivity index (χ1v) is 3.75. The molecule has 0 aliphatic rings. The summed E-state index contributed by atoms with van der Waals surface area (Å²) in [6, 6.07) is 2.61.